The van der Waals surface area contributed by atoms with E-state index < -0.39 is 0 Å². The Bertz CT molecular complexity index is 760. The molecule has 0 aliphatic carbocycles. The molecular formula is C14H11N3O. The van der Waals surface area contributed by atoms with E-state index in [4.69, 9.17) is 0 Å². The van der Waals surface area contributed by atoms with Crippen molar-refractivity contribution in [2.45, 2.75) is 6.92 Å². The molecule has 0 spiro atoms. The zero-order valence-electron chi connectivity index (χ0n) is 9.84. The molecule has 4 heteroatoms. The highest BCUT2D eigenvalue weighted by atomic mass is 16.1. The monoisotopic (exact) mass is 237 g/mol. The summed E-state index contributed by atoms with van der Waals surface area (Å²) < 4.78 is 0. The molecule has 0 amide bonds. The van der Waals surface area contributed by atoms with Crippen LogP contribution in [0.4, 0.5) is 0 Å². The van der Waals surface area contributed by atoms with Crippen molar-refractivity contribution in [3.63, 3.8) is 0 Å². The fraction of sp³-hybridized carbons (Fsp3) is 0.0714. The maximum absolute atomic E-state index is 11.7. The predicted molar refractivity (Wildman–Crippen MR) is 70.3 cm³/mol. The van der Waals surface area contributed by atoms with Crippen molar-refractivity contribution in [3.8, 4) is 11.3 Å². The Kier molecular flexibility index (Phi) is 2.41. The van der Waals surface area contributed by atoms with Crippen LogP contribution in [-0.4, -0.2) is 15.2 Å². The largest absolute Gasteiger partial charge is 0.273 e. The Morgan fingerprint density at radius 1 is 1.06 bits per heavy atom. The number of fused-ring (bicyclic) bond motifs is 1. The summed E-state index contributed by atoms with van der Waals surface area (Å²) >= 11 is 0. The molecule has 2 aromatic heterocycles. The van der Waals surface area contributed by atoms with Gasteiger partial charge in [-0.05, 0) is 13.0 Å². The van der Waals surface area contributed by atoms with E-state index in [1.54, 1.807) is 12.4 Å². The fourth-order valence-electron chi connectivity index (χ4n) is 1.94. The van der Waals surface area contributed by atoms with Crippen LogP contribution >= 0.6 is 0 Å². The number of aryl methyl sites for hydroxylation is 1. The smallest absolute Gasteiger partial charge is 0.267 e. The number of aromatic nitrogens is 3. The lowest BCUT2D eigenvalue weighted by Crippen LogP contribution is -2.09. The van der Waals surface area contributed by atoms with Crippen LogP contribution in [0.2, 0.25) is 0 Å². The van der Waals surface area contributed by atoms with Crippen molar-refractivity contribution >= 4 is 10.8 Å². The van der Waals surface area contributed by atoms with Gasteiger partial charge in [0, 0.05) is 23.3 Å². The van der Waals surface area contributed by atoms with E-state index in [0.717, 1.165) is 16.6 Å². The van der Waals surface area contributed by atoms with E-state index in [2.05, 4.69) is 15.2 Å². The number of hydrogen-bond acceptors (Lipinski definition) is 3. The summed E-state index contributed by atoms with van der Waals surface area (Å²) in [5, 5.41) is 8.03. The Hall–Kier alpha value is -2.49. The zero-order chi connectivity index (χ0) is 12.5. The zero-order valence-corrected chi connectivity index (χ0v) is 9.84. The van der Waals surface area contributed by atoms with Gasteiger partial charge in [-0.3, -0.25) is 9.78 Å². The average molecular weight is 237 g/mol. The van der Waals surface area contributed by atoms with Crippen LogP contribution in [0.1, 0.15) is 5.56 Å². The van der Waals surface area contributed by atoms with Crippen LogP contribution < -0.4 is 5.56 Å². The molecule has 1 N–H and O–H groups in total. The van der Waals surface area contributed by atoms with Crippen molar-refractivity contribution in [3.05, 3.63) is 58.6 Å². The molecule has 3 aromatic rings. The van der Waals surface area contributed by atoms with E-state index in [1.165, 1.54) is 5.56 Å². The van der Waals surface area contributed by atoms with Crippen molar-refractivity contribution in [2.24, 2.45) is 0 Å². The molecule has 0 unspecified atom stereocenters. The van der Waals surface area contributed by atoms with Gasteiger partial charge in [-0.2, -0.15) is 5.10 Å². The van der Waals surface area contributed by atoms with Crippen LogP contribution in [0.15, 0.2) is 47.5 Å². The lowest BCUT2D eigenvalue weighted by Gasteiger charge is -2.04. The van der Waals surface area contributed by atoms with Crippen molar-refractivity contribution in [2.75, 3.05) is 0 Å². The lowest BCUT2D eigenvalue weighted by atomic mass is 10.1. The number of pyridine rings is 1. The van der Waals surface area contributed by atoms with Crippen molar-refractivity contribution in [1.82, 2.24) is 15.2 Å². The van der Waals surface area contributed by atoms with Gasteiger partial charge in [0.2, 0.25) is 0 Å². The molecule has 18 heavy (non-hydrogen) atoms. The summed E-state index contributed by atoms with van der Waals surface area (Å²) in [6.07, 6.45) is 3.23. The van der Waals surface area contributed by atoms with E-state index in [-0.39, 0.29) is 5.56 Å². The summed E-state index contributed by atoms with van der Waals surface area (Å²) in [7, 11) is 0. The summed E-state index contributed by atoms with van der Waals surface area (Å²) in [6, 6.07) is 9.85. The van der Waals surface area contributed by atoms with Crippen molar-refractivity contribution in [1.29, 1.82) is 0 Å². The van der Waals surface area contributed by atoms with Crippen LogP contribution in [-0.2, 0) is 0 Å². The minimum Gasteiger partial charge on any atom is -0.267 e. The number of nitrogens with one attached hydrogen (secondary N) is 1. The first-order valence-electron chi connectivity index (χ1n) is 5.65. The number of benzene rings is 1. The second-order valence-corrected chi connectivity index (χ2v) is 4.19. The van der Waals surface area contributed by atoms with Gasteiger partial charge in [-0.1, -0.05) is 29.8 Å². The Labute approximate surface area is 103 Å². The minimum atomic E-state index is -0.214. The highest BCUT2D eigenvalue weighted by Crippen LogP contribution is 2.23. The highest BCUT2D eigenvalue weighted by molar-refractivity contribution is 5.92. The third-order valence-electron chi connectivity index (χ3n) is 2.92. The Morgan fingerprint density at radius 3 is 2.61 bits per heavy atom. The normalized spacial score (nSPS) is 10.7. The van der Waals surface area contributed by atoms with E-state index in [0.29, 0.717) is 5.39 Å². The molecule has 0 saturated heterocycles. The second-order valence-electron chi connectivity index (χ2n) is 4.19. The SMILES string of the molecule is Cc1ccc(-c2n[nH]c(=O)c3cnccc23)cc1. The van der Waals surface area contributed by atoms with Crippen LogP contribution in [0.5, 0.6) is 0 Å². The second kappa shape index (κ2) is 4.07. The summed E-state index contributed by atoms with van der Waals surface area (Å²) in [5.74, 6) is 0. The summed E-state index contributed by atoms with van der Waals surface area (Å²) in [4.78, 5) is 15.6. The van der Waals surface area contributed by atoms with Gasteiger partial charge in [0.25, 0.3) is 5.56 Å². The first-order chi connectivity index (χ1) is 8.75. The molecule has 88 valence electrons. The molecule has 0 fully saturated rings. The molecule has 0 bridgehead atoms. The molecule has 0 saturated carbocycles. The van der Waals surface area contributed by atoms with Gasteiger partial charge in [-0.15, -0.1) is 0 Å². The number of rotatable bonds is 1. The van der Waals surface area contributed by atoms with E-state index >= 15 is 0 Å². The Balaban J connectivity index is 2.33. The van der Waals surface area contributed by atoms with Crippen LogP contribution in [0.3, 0.4) is 0 Å². The Morgan fingerprint density at radius 2 is 1.83 bits per heavy atom. The molecule has 0 aliphatic rings. The molecule has 0 aliphatic heterocycles. The average Bonchev–Trinajstić information content (AvgIpc) is 2.41. The van der Waals surface area contributed by atoms with E-state index in [1.807, 2.05) is 37.3 Å². The van der Waals surface area contributed by atoms with Gasteiger partial charge in [0.1, 0.15) is 0 Å². The maximum atomic E-state index is 11.7. The molecule has 0 radical (unpaired) electrons. The maximum Gasteiger partial charge on any atom is 0.273 e. The van der Waals surface area contributed by atoms with Crippen LogP contribution in [0.25, 0.3) is 22.0 Å². The van der Waals surface area contributed by atoms with Gasteiger partial charge in [0.05, 0.1) is 11.1 Å². The van der Waals surface area contributed by atoms with Gasteiger partial charge < -0.3 is 0 Å². The number of H-pyrrole nitrogens is 1. The topological polar surface area (TPSA) is 58.6 Å². The fourth-order valence-corrected chi connectivity index (χ4v) is 1.94. The van der Waals surface area contributed by atoms with E-state index in [9.17, 15) is 4.79 Å². The third kappa shape index (κ3) is 1.68. The first-order valence-corrected chi connectivity index (χ1v) is 5.65. The highest BCUT2D eigenvalue weighted by Gasteiger charge is 2.07. The molecule has 1 aromatic carbocycles. The third-order valence-corrected chi connectivity index (χ3v) is 2.92. The molecule has 2 heterocycles. The summed E-state index contributed by atoms with van der Waals surface area (Å²) in [6.45, 7) is 2.03. The molecular weight excluding hydrogens is 226 g/mol. The van der Waals surface area contributed by atoms with Crippen LogP contribution in [0, 0.1) is 6.92 Å². The molecule has 3 rings (SSSR count). The first kappa shape index (κ1) is 10.7. The van der Waals surface area contributed by atoms with Gasteiger partial charge >= 0.3 is 0 Å². The summed E-state index contributed by atoms with van der Waals surface area (Å²) in [5.41, 5.74) is 2.73. The standard InChI is InChI=1S/C14H11N3O/c1-9-2-4-10(5-3-9)13-11-6-7-15-8-12(11)14(18)17-16-13/h2-8H,1H3,(H,17,18). The number of aromatic amines is 1. The van der Waals surface area contributed by atoms with Crippen molar-refractivity contribution < 1.29 is 0 Å². The predicted octanol–water partition coefficient (Wildman–Crippen LogP) is 2.29. The quantitative estimate of drug-likeness (QED) is 0.706. The van der Waals surface area contributed by atoms with Gasteiger partial charge in [-0.25, -0.2) is 5.10 Å². The number of hydrogen-bond donors (Lipinski definition) is 1. The lowest BCUT2D eigenvalue weighted by molar-refractivity contribution is 1.01. The minimum absolute atomic E-state index is 0.214. The van der Waals surface area contributed by atoms with Gasteiger partial charge in [0.15, 0.2) is 0 Å². The number of nitrogens with zero attached hydrogens (tertiary/aromatic N) is 2. The molecule has 4 nitrogen and oxygen atoms in total. The molecule has 0 atom stereocenters.